The van der Waals surface area contributed by atoms with E-state index in [0.29, 0.717) is 23.6 Å². The number of carbonyl (C=O) groups excluding carboxylic acids is 1. The molecule has 0 spiro atoms. The standard InChI is InChI=1S/C22H23N9O3/c1-4-33-17-7-5-6-15(12-17)19-18(25-29-31(19)21-20(23)27-34-28-21)22(32)26-24-13-14-8-10-16(11-9-14)30(2)3/h5-13H,4H2,1-3H3,(H2,23,27)(H,26,32)/b24-13+. The molecule has 2 heterocycles. The van der Waals surface area contributed by atoms with Crippen LogP contribution < -0.4 is 20.8 Å². The van der Waals surface area contributed by atoms with Crippen LogP contribution in [0, 0.1) is 0 Å². The van der Waals surface area contributed by atoms with E-state index in [2.05, 4.69) is 31.2 Å². The van der Waals surface area contributed by atoms with E-state index in [1.807, 2.05) is 50.2 Å². The number of aromatic nitrogens is 5. The first-order valence-electron chi connectivity index (χ1n) is 10.4. The molecule has 34 heavy (non-hydrogen) atoms. The summed E-state index contributed by atoms with van der Waals surface area (Å²) >= 11 is 0. The third-order valence-corrected chi connectivity index (χ3v) is 4.79. The average molecular weight is 461 g/mol. The molecular formula is C22H23N9O3. The highest BCUT2D eigenvalue weighted by Crippen LogP contribution is 2.29. The van der Waals surface area contributed by atoms with Crippen molar-refractivity contribution >= 4 is 23.6 Å². The molecule has 0 fully saturated rings. The van der Waals surface area contributed by atoms with Gasteiger partial charge in [0.2, 0.25) is 11.6 Å². The van der Waals surface area contributed by atoms with Gasteiger partial charge in [-0.2, -0.15) is 9.78 Å². The van der Waals surface area contributed by atoms with Crippen molar-refractivity contribution in [3.8, 4) is 22.8 Å². The third-order valence-electron chi connectivity index (χ3n) is 4.79. The lowest BCUT2D eigenvalue weighted by Gasteiger charge is -2.11. The van der Waals surface area contributed by atoms with Crippen LogP contribution in [0.1, 0.15) is 23.0 Å². The Labute approximate surface area is 195 Å². The first-order chi connectivity index (χ1) is 16.5. The van der Waals surface area contributed by atoms with Crippen LogP contribution in [0.2, 0.25) is 0 Å². The number of anilines is 2. The molecular weight excluding hydrogens is 438 g/mol. The van der Waals surface area contributed by atoms with Gasteiger partial charge < -0.3 is 15.4 Å². The lowest BCUT2D eigenvalue weighted by atomic mass is 10.1. The molecule has 12 nitrogen and oxygen atoms in total. The average Bonchev–Trinajstić information content (AvgIpc) is 3.45. The van der Waals surface area contributed by atoms with Crippen molar-refractivity contribution in [2.24, 2.45) is 5.10 Å². The van der Waals surface area contributed by atoms with Crippen LogP contribution in [-0.4, -0.2) is 58.1 Å². The van der Waals surface area contributed by atoms with Crippen molar-refractivity contribution in [1.82, 2.24) is 30.7 Å². The Morgan fingerprint density at radius 1 is 1.24 bits per heavy atom. The predicted octanol–water partition coefficient (Wildman–Crippen LogP) is 2.13. The number of nitrogens with two attached hydrogens (primary N) is 1. The van der Waals surface area contributed by atoms with E-state index in [9.17, 15) is 4.79 Å². The summed E-state index contributed by atoms with van der Waals surface area (Å²) in [6.45, 7) is 2.36. The lowest BCUT2D eigenvalue weighted by Crippen LogP contribution is -2.19. The minimum Gasteiger partial charge on any atom is -0.494 e. The van der Waals surface area contributed by atoms with Crippen LogP contribution in [-0.2, 0) is 0 Å². The summed E-state index contributed by atoms with van der Waals surface area (Å²) in [5.41, 5.74) is 11.2. The zero-order chi connectivity index (χ0) is 24.1. The lowest BCUT2D eigenvalue weighted by molar-refractivity contribution is 0.0950. The molecule has 0 aliphatic heterocycles. The Balaban J connectivity index is 1.65. The molecule has 0 saturated heterocycles. The first-order valence-corrected chi connectivity index (χ1v) is 10.4. The second-order valence-corrected chi connectivity index (χ2v) is 7.32. The maximum absolute atomic E-state index is 13.0. The van der Waals surface area contributed by atoms with Gasteiger partial charge in [-0.05, 0) is 47.1 Å². The fourth-order valence-corrected chi connectivity index (χ4v) is 3.16. The van der Waals surface area contributed by atoms with Crippen molar-refractivity contribution < 1.29 is 14.2 Å². The minimum absolute atomic E-state index is 0.00161. The molecule has 2 aromatic carbocycles. The van der Waals surface area contributed by atoms with Crippen molar-refractivity contribution in [2.75, 3.05) is 31.3 Å². The van der Waals surface area contributed by atoms with E-state index in [4.69, 9.17) is 15.1 Å². The topological polar surface area (TPSA) is 150 Å². The van der Waals surface area contributed by atoms with Gasteiger partial charge in [0, 0.05) is 25.3 Å². The van der Waals surface area contributed by atoms with E-state index in [1.165, 1.54) is 10.9 Å². The molecule has 0 atom stereocenters. The number of benzene rings is 2. The Kier molecular flexibility index (Phi) is 6.48. The normalized spacial score (nSPS) is 11.0. The van der Waals surface area contributed by atoms with Gasteiger partial charge in [0.25, 0.3) is 5.91 Å². The maximum Gasteiger partial charge on any atom is 0.294 e. The number of nitrogens with zero attached hydrogens (tertiary/aromatic N) is 7. The highest BCUT2D eigenvalue weighted by Gasteiger charge is 2.25. The number of nitrogen functional groups attached to an aromatic ring is 1. The number of ether oxygens (including phenoxy) is 1. The molecule has 2 aromatic heterocycles. The van der Waals surface area contributed by atoms with Crippen LogP contribution in [0.15, 0.2) is 58.3 Å². The molecule has 4 aromatic rings. The molecule has 0 bridgehead atoms. The molecule has 0 unspecified atom stereocenters. The van der Waals surface area contributed by atoms with E-state index in [-0.39, 0.29) is 17.3 Å². The number of hydrogen-bond acceptors (Lipinski definition) is 10. The number of hydrogen-bond donors (Lipinski definition) is 2. The van der Waals surface area contributed by atoms with E-state index < -0.39 is 5.91 Å². The number of hydrazone groups is 1. The Morgan fingerprint density at radius 2 is 2.03 bits per heavy atom. The fraction of sp³-hybridized carbons (Fsp3) is 0.182. The van der Waals surface area contributed by atoms with Gasteiger partial charge in [0.15, 0.2) is 5.69 Å². The molecule has 0 saturated carbocycles. The van der Waals surface area contributed by atoms with Gasteiger partial charge in [-0.3, -0.25) is 4.79 Å². The van der Waals surface area contributed by atoms with E-state index in [1.54, 1.807) is 24.3 Å². The number of amides is 1. The van der Waals surface area contributed by atoms with Gasteiger partial charge in [0.05, 0.1) is 12.8 Å². The summed E-state index contributed by atoms with van der Waals surface area (Å²) in [6, 6.07) is 14.8. The van der Waals surface area contributed by atoms with E-state index in [0.717, 1.165) is 11.3 Å². The smallest absolute Gasteiger partial charge is 0.294 e. The Hall–Kier alpha value is -4.74. The summed E-state index contributed by atoms with van der Waals surface area (Å²) in [5, 5.41) is 19.5. The van der Waals surface area contributed by atoms with Crippen LogP contribution in [0.4, 0.5) is 11.5 Å². The van der Waals surface area contributed by atoms with Crippen LogP contribution in [0.5, 0.6) is 5.75 Å². The number of carbonyl (C=O) groups is 1. The molecule has 1 amide bonds. The zero-order valence-corrected chi connectivity index (χ0v) is 18.8. The monoisotopic (exact) mass is 461 g/mol. The largest absolute Gasteiger partial charge is 0.494 e. The van der Waals surface area contributed by atoms with Crippen molar-refractivity contribution in [3.63, 3.8) is 0 Å². The Bertz CT molecular complexity index is 1310. The summed E-state index contributed by atoms with van der Waals surface area (Å²) in [7, 11) is 3.92. The highest BCUT2D eigenvalue weighted by atomic mass is 16.6. The van der Waals surface area contributed by atoms with Gasteiger partial charge >= 0.3 is 0 Å². The molecule has 0 aliphatic rings. The van der Waals surface area contributed by atoms with Crippen LogP contribution >= 0.6 is 0 Å². The van der Waals surface area contributed by atoms with Crippen LogP contribution in [0.3, 0.4) is 0 Å². The summed E-state index contributed by atoms with van der Waals surface area (Å²) in [6.07, 6.45) is 1.54. The zero-order valence-electron chi connectivity index (χ0n) is 18.8. The fourth-order valence-electron chi connectivity index (χ4n) is 3.16. The van der Waals surface area contributed by atoms with Gasteiger partial charge in [-0.1, -0.05) is 29.5 Å². The number of rotatable bonds is 8. The second-order valence-electron chi connectivity index (χ2n) is 7.32. The summed E-state index contributed by atoms with van der Waals surface area (Å²) in [5.74, 6) is 0.148. The summed E-state index contributed by atoms with van der Waals surface area (Å²) < 4.78 is 11.6. The molecule has 174 valence electrons. The second kappa shape index (κ2) is 9.81. The Morgan fingerprint density at radius 3 is 2.71 bits per heavy atom. The predicted molar refractivity (Wildman–Crippen MR) is 126 cm³/mol. The molecule has 0 aliphatic carbocycles. The summed E-state index contributed by atoms with van der Waals surface area (Å²) in [4.78, 5) is 15.0. The molecule has 12 heteroatoms. The van der Waals surface area contributed by atoms with Gasteiger partial charge in [0.1, 0.15) is 11.4 Å². The first kappa shape index (κ1) is 22.5. The maximum atomic E-state index is 13.0. The van der Waals surface area contributed by atoms with Crippen molar-refractivity contribution in [3.05, 3.63) is 59.8 Å². The SMILES string of the molecule is CCOc1cccc(-c2c(C(=O)N/N=C/c3ccc(N(C)C)cc3)nnn2-c2nonc2N)c1. The number of nitrogens with one attached hydrogen (secondary N) is 1. The third kappa shape index (κ3) is 4.70. The van der Waals surface area contributed by atoms with Crippen molar-refractivity contribution in [2.45, 2.75) is 6.92 Å². The van der Waals surface area contributed by atoms with Gasteiger partial charge in [-0.25, -0.2) is 10.1 Å². The molecule has 3 N–H and O–H groups in total. The highest BCUT2D eigenvalue weighted by molar-refractivity contribution is 5.99. The van der Waals surface area contributed by atoms with Crippen molar-refractivity contribution in [1.29, 1.82) is 0 Å². The van der Waals surface area contributed by atoms with Crippen LogP contribution in [0.25, 0.3) is 17.1 Å². The van der Waals surface area contributed by atoms with E-state index >= 15 is 0 Å². The molecule has 0 radical (unpaired) electrons. The molecule has 4 rings (SSSR count). The quantitative estimate of drug-likeness (QED) is 0.297. The minimum atomic E-state index is -0.570. The van der Waals surface area contributed by atoms with Gasteiger partial charge in [-0.15, -0.1) is 5.10 Å².